The number of imide groups is 1. The number of nitrogens with zero attached hydrogens (tertiary/aromatic N) is 1. The molecule has 1 aliphatic carbocycles. The molecule has 0 bridgehead atoms. The fraction of sp³-hybridized carbons (Fsp3) is 0.414. The number of ketones is 1. The molecule has 2 aliphatic rings. The van der Waals surface area contributed by atoms with Crippen LogP contribution in [0.25, 0.3) is 0 Å². The Bertz CT molecular complexity index is 1110. The van der Waals surface area contributed by atoms with Crippen molar-refractivity contribution >= 4 is 23.3 Å². The zero-order chi connectivity index (χ0) is 23.8. The summed E-state index contributed by atoms with van der Waals surface area (Å²) in [4.78, 5) is 41.0. The van der Waals surface area contributed by atoms with Crippen LogP contribution in [-0.2, 0) is 26.2 Å². The maximum atomic E-state index is 13.9. The fourth-order valence-corrected chi connectivity index (χ4v) is 5.41. The largest absolute Gasteiger partial charge is 0.295 e. The van der Waals surface area contributed by atoms with Gasteiger partial charge in [0, 0.05) is 18.3 Å². The van der Waals surface area contributed by atoms with E-state index in [4.69, 9.17) is 0 Å². The fourth-order valence-electron chi connectivity index (χ4n) is 5.41. The summed E-state index contributed by atoms with van der Waals surface area (Å²) in [5, 5.41) is 0. The van der Waals surface area contributed by atoms with E-state index in [2.05, 4.69) is 39.8 Å². The Balaban J connectivity index is 1.78. The third-order valence-corrected chi connectivity index (χ3v) is 7.22. The lowest BCUT2D eigenvalue weighted by molar-refractivity contribution is -0.124. The highest BCUT2D eigenvalue weighted by Crippen LogP contribution is 2.48. The number of hydrogen-bond acceptors (Lipinski definition) is 3. The van der Waals surface area contributed by atoms with Gasteiger partial charge in [0.05, 0.1) is 11.6 Å². The summed E-state index contributed by atoms with van der Waals surface area (Å²) in [6.45, 7) is 8.34. The van der Waals surface area contributed by atoms with E-state index < -0.39 is 11.3 Å². The quantitative estimate of drug-likeness (QED) is 0.550. The molecule has 1 saturated heterocycles. The van der Waals surface area contributed by atoms with Crippen molar-refractivity contribution < 1.29 is 14.4 Å². The summed E-state index contributed by atoms with van der Waals surface area (Å²) in [5.74, 6) is -0.713. The lowest BCUT2D eigenvalue weighted by atomic mass is 9.64. The van der Waals surface area contributed by atoms with E-state index in [0.29, 0.717) is 18.5 Å². The van der Waals surface area contributed by atoms with E-state index in [1.807, 2.05) is 42.5 Å². The minimum atomic E-state index is -0.602. The SMILES string of the molecule is CC(C)(C)c1ccccc1N1C(=O)C[C@H]([C@](C)(Cc2ccccc2)C2=CC(=O)CCC2)C1=O. The molecule has 1 fully saturated rings. The Morgan fingerprint density at radius 2 is 1.55 bits per heavy atom. The number of para-hydroxylation sites is 1. The number of hydrogen-bond donors (Lipinski definition) is 0. The van der Waals surface area contributed by atoms with Crippen LogP contribution in [0.15, 0.2) is 66.2 Å². The van der Waals surface area contributed by atoms with Gasteiger partial charge in [-0.15, -0.1) is 0 Å². The standard InChI is InChI=1S/C29H33NO3/c1-28(2,3)23-15-8-9-16-25(23)30-26(32)18-24(27(30)33)29(4,19-20-11-6-5-7-12-20)21-13-10-14-22(31)17-21/h5-9,11-12,15-17,24H,10,13-14,18-19H2,1-4H3/t24-,29+/m0/s1. The van der Waals surface area contributed by atoms with Crippen LogP contribution in [0.4, 0.5) is 5.69 Å². The van der Waals surface area contributed by atoms with E-state index in [1.165, 1.54) is 4.90 Å². The van der Waals surface area contributed by atoms with Crippen molar-refractivity contribution in [3.05, 3.63) is 77.4 Å². The second kappa shape index (κ2) is 8.74. The van der Waals surface area contributed by atoms with Crippen LogP contribution in [0.2, 0.25) is 0 Å². The summed E-state index contributed by atoms with van der Waals surface area (Å²) in [6, 6.07) is 17.8. The summed E-state index contributed by atoms with van der Waals surface area (Å²) in [6.07, 6.45) is 4.65. The van der Waals surface area contributed by atoms with Gasteiger partial charge in [0.25, 0.3) is 0 Å². The first-order chi connectivity index (χ1) is 15.6. The first-order valence-corrected chi connectivity index (χ1v) is 11.9. The number of anilines is 1. The van der Waals surface area contributed by atoms with Gasteiger partial charge < -0.3 is 0 Å². The van der Waals surface area contributed by atoms with Crippen molar-refractivity contribution in [1.29, 1.82) is 0 Å². The van der Waals surface area contributed by atoms with Crippen molar-refractivity contribution in [2.24, 2.45) is 11.3 Å². The van der Waals surface area contributed by atoms with Gasteiger partial charge >= 0.3 is 0 Å². The molecule has 2 amide bonds. The Morgan fingerprint density at radius 3 is 2.21 bits per heavy atom. The van der Waals surface area contributed by atoms with Gasteiger partial charge in [0.15, 0.2) is 5.78 Å². The maximum absolute atomic E-state index is 13.9. The lowest BCUT2D eigenvalue weighted by Gasteiger charge is -2.38. The summed E-state index contributed by atoms with van der Waals surface area (Å²) in [7, 11) is 0. The van der Waals surface area contributed by atoms with Crippen LogP contribution in [0.1, 0.15) is 64.5 Å². The van der Waals surface area contributed by atoms with Gasteiger partial charge in [-0.1, -0.05) is 81.8 Å². The zero-order valence-electron chi connectivity index (χ0n) is 20.1. The highest BCUT2D eigenvalue weighted by Gasteiger charge is 2.51. The molecule has 0 N–H and O–H groups in total. The topological polar surface area (TPSA) is 54.5 Å². The molecule has 0 radical (unpaired) electrons. The molecule has 1 heterocycles. The van der Waals surface area contributed by atoms with Crippen molar-refractivity contribution in [3.8, 4) is 0 Å². The van der Waals surface area contributed by atoms with E-state index >= 15 is 0 Å². The van der Waals surface area contributed by atoms with Crippen molar-refractivity contribution in [2.75, 3.05) is 4.90 Å². The highest BCUT2D eigenvalue weighted by atomic mass is 16.2. The van der Waals surface area contributed by atoms with Gasteiger partial charge in [-0.2, -0.15) is 0 Å². The summed E-state index contributed by atoms with van der Waals surface area (Å²) < 4.78 is 0. The van der Waals surface area contributed by atoms with Crippen LogP contribution in [0, 0.1) is 11.3 Å². The highest BCUT2D eigenvalue weighted by molar-refractivity contribution is 6.21. The van der Waals surface area contributed by atoms with Crippen molar-refractivity contribution in [1.82, 2.24) is 0 Å². The van der Waals surface area contributed by atoms with Crippen LogP contribution >= 0.6 is 0 Å². The number of carbonyl (C=O) groups is 3. The molecule has 0 aromatic heterocycles. The number of allylic oxidation sites excluding steroid dienone is 2. The molecule has 2 atom stereocenters. The number of rotatable bonds is 5. The van der Waals surface area contributed by atoms with E-state index in [0.717, 1.165) is 29.5 Å². The van der Waals surface area contributed by atoms with E-state index in [-0.39, 0.29) is 29.4 Å². The normalized spacial score (nSPS) is 21.2. The molecule has 1 aliphatic heterocycles. The number of amides is 2. The first-order valence-electron chi connectivity index (χ1n) is 11.9. The monoisotopic (exact) mass is 443 g/mol. The predicted molar refractivity (Wildman–Crippen MR) is 131 cm³/mol. The third kappa shape index (κ3) is 4.44. The molecule has 172 valence electrons. The van der Waals surface area contributed by atoms with E-state index in [1.54, 1.807) is 6.08 Å². The number of carbonyl (C=O) groups excluding carboxylic acids is 3. The van der Waals surface area contributed by atoms with Crippen LogP contribution in [-0.4, -0.2) is 17.6 Å². The molecule has 0 unspecified atom stereocenters. The van der Waals surface area contributed by atoms with Crippen LogP contribution < -0.4 is 4.90 Å². The minimum absolute atomic E-state index is 0.113. The Kier molecular flexibility index (Phi) is 6.13. The van der Waals surface area contributed by atoms with Crippen molar-refractivity contribution in [2.45, 2.75) is 65.2 Å². The van der Waals surface area contributed by atoms with Gasteiger partial charge in [-0.3, -0.25) is 14.4 Å². The number of benzene rings is 2. The van der Waals surface area contributed by atoms with Gasteiger partial charge in [-0.25, -0.2) is 4.90 Å². The smallest absolute Gasteiger partial charge is 0.238 e. The first kappa shape index (κ1) is 23.2. The minimum Gasteiger partial charge on any atom is -0.295 e. The Morgan fingerprint density at radius 1 is 0.879 bits per heavy atom. The van der Waals surface area contributed by atoms with Crippen LogP contribution in [0.3, 0.4) is 0 Å². The van der Waals surface area contributed by atoms with Crippen molar-refractivity contribution in [3.63, 3.8) is 0 Å². The molecule has 2 aromatic rings. The van der Waals surface area contributed by atoms with E-state index in [9.17, 15) is 14.4 Å². The van der Waals surface area contributed by atoms with Crippen LogP contribution in [0.5, 0.6) is 0 Å². The van der Waals surface area contributed by atoms with Gasteiger partial charge in [-0.05, 0) is 47.9 Å². The molecule has 4 rings (SSSR count). The van der Waals surface area contributed by atoms with Gasteiger partial charge in [0.1, 0.15) is 0 Å². The third-order valence-electron chi connectivity index (χ3n) is 7.22. The second-order valence-electron chi connectivity index (χ2n) is 10.7. The summed E-state index contributed by atoms with van der Waals surface area (Å²) >= 11 is 0. The molecular weight excluding hydrogens is 410 g/mol. The van der Waals surface area contributed by atoms with Gasteiger partial charge in [0.2, 0.25) is 11.8 Å². The molecule has 33 heavy (non-hydrogen) atoms. The lowest BCUT2D eigenvalue weighted by Crippen LogP contribution is -2.40. The predicted octanol–water partition coefficient (Wildman–Crippen LogP) is 5.79. The zero-order valence-corrected chi connectivity index (χ0v) is 20.1. The molecular formula is C29H33NO3. The average Bonchev–Trinajstić information content (AvgIpc) is 3.08. The average molecular weight is 444 g/mol. The second-order valence-corrected chi connectivity index (χ2v) is 10.7. The molecule has 0 saturated carbocycles. The molecule has 4 nitrogen and oxygen atoms in total. The Hall–Kier alpha value is -3.01. The summed E-state index contributed by atoms with van der Waals surface area (Å²) in [5.41, 5.74) is 2.95. The molecule has 0 spiro atoms. The Labute approximate surface area is 196 Å². The molecule has 2 aromatic carbocycles. The molecule has 4 heteroatoms. The maximum Gasteiger partial charge on any atom is 0.238 e.